The molecule has 0 N–H and O–H groups in total. The fourth-order valence-electron chi connectivity index (χ4n) is 3.71. The fourth-order valence-corrected chi connectivity index (χ4v) is 3.71. The third kappa shape index (κ3) is 21.6. The summed E-state index contributed by atoms with van der Waals surface area (Å²) in [4.78, 5) is 0. The predicted molar refractivity (Wildman–Crippen MR) is 129 cm³/mol. The summed E-state index contributed by atoms with van der Waals surface area (Å²) in [5, 5.41) is 0. The van der Waals surface area contributed by atoms with Crippen LogP contribution in [0.1, 0.15) is 96.8 Å². The van der Waals surface area contributed by atoms with Crippen molar-refractivity contribution < 1.29 is 28.4 Å². The van der Waals surface area contributed by atoms with E-state index in [1.165, 1.54) is 77.0 Å². The number of hydrogen-bond donors (Lipinski definition) is 0. The maximum absolute atomic E-state index is 5.64. The van der Waals surface area contributed by atoms with E-state index in [-0.39, 0.29) is 6.29 Å². The molecule has 0 aliphatic carbocycles. The van der Waals surface area contributed by atoms with Gasteiger partial charge in [0.05, 0.1) is 52.9 Å². The molecule has 1 atom stereocenters. The van der Waals surface area contributed by atoms with Gasteiger partial charge in [-0.2, -0.15) is 0 Å². The Hall–Kier alpha value is -0.240. The van der Waals surface area contributed by atoms with Crippen molar-refractivity contribution in [2.24, 2.45) is 0 Å². The van der Waals surface area contributed by atoms with Gasteiger partial charge in [-0.3, -0.25) is 0 Å². The molecule has 0 amide bonds. The quantitative estimate of drug-likeness (QED) is 0.158. The van der Waals surface area contributed by atoms with Gasteiger partial charge in [0.25, 0.3) is 0 Å². The smallest absolute Gasteiger partial charge is 0.157 e. The molecule has 1 unspecified atom stereocenters. The summed E-state index contributed by atoms with van der Waals surface area (Å²) in [6.07, 6.45) is 18.3. The van der Waals surface area contributed by atoms with E-state index in [0.29, 0.717) is 52.9 Å². The van der Waals surface area contributed by atoms with Crippen LogP contribution >= 0.6 is 0 Å². The van der Waals surface area contributed by atoms with Gasteiger partial charge < -0.3 is 28.4 Å². The summed E-state index contributed by atoms with van der Waals surface area (Å²) in [5.41, 5.74) is 0. The molecule has 6 nitrogen and oxygen atoms in total. The number of unbranched alkanes of at least 4 members (excludes halogenated alkanes) is 10. The monoisotopic (exact) mass is 460 g/mol. The van der Waals surface area contributed by atoms with E-state index in [1.807, 2.05) is 0 Å². The lowest BCUT2D eigenvalue weighted by molar-refractivity contribution is -0.169. The Bertz CT molecular complexity index is 349. The van der Waals surface area contributed by atoms with Crippen LogP contribution in [-0.4, -0.2) is 72.4 Å². The van der Waals surface area contributed by atoms with Gasteiger partial charge in [0.2, 0.25) is 0 Å². The molecule has 1 aliphatic heterocycles. The third-order valence-electron chi connectivity index (χ3n) is 5.68. The molecule has 0 aromatic rings. The van der Waals surface area contributed by atoms with Crippen LogP contribution < -0.4 is 0 Å². The van der Waals surface area contributed by atoms with Crippen molar-refractivity contribution in [2.45, 2.75) is 103 Å². The summed E-state index contributed by atoms with van der Waals surface area (Å²) in [7, 11) is 0. The lowest BCUT2D eigenvalue weighted by Gasteiger charge is -2.22. The highest BCUT2D eigenvalue weighted by molar-refractivity contribution is 4.53. The van der Waals surface area contributed by atoms with Crippen molar-refractivity contribution >= 4 is 0 Å². The topological polar surface area (TPSA) is 55.4 Å². The van der Waals surface area contributed by atoms with Crippen LogP contribution in [0.3, 0.4) is 0 Å². The van der Waals surface area contributed by atoms with E-state index >= 15 is 0 Å². The molecular formula is C26H52O6. The van der Waals surface area contributed by atoms with Crippen molar-refractivity contribution in [1.29, 1.82) is 0 Å². The SMILES string of the molecule is CCCCCCCCCCCCCOCCOCCOCCOCCOC1CCCCO1. The van der Waals surface area contributed by atoms with Crippen LogP contribution in [0.5, 0.6) is 0 Å². The van der Waals surface area contributed by atoms with E-state index < -0.39 is 0 Å². The maximum Gasteiger partial charge on any atom is 0.157 e. The Balaban J connectivity index is 1.62. The molecule has 6 heteroatoms. The lowest BCUT2D eigenvalue weighted by Crippen LogP contribution is -2.24. The molecule has 0 aromatic heterocycles. The van der Waals surface area contributed by atoms with Gasteiger partial charge >= 0.3 is 0 Å². The van der Waals surface area contributed by atoms with E-state index in [4.69, 9.17) is 28.4 Å². The highest BCUT2D eigenvalue weighted by atomic mass is 16.7. The first-order chi connectivity index (χ1) is 15.9. The normalized spacial score (nSPS) is 16.6. The predicted octanol–water partition coefficient (Wildman–Crippen LogP) is 5.91. The minimum Gasteiger partial charge on any atom is -0.379 e. The fraction of sp³-hybridized carbons (Fsp3) is 1.00. The van der Waals surface area contributed by atoms with Gasteiger partial charge in [-0.05, 0) is 25.7 Å². The Morgan fingerprint density at radius 3 is 1.50 bits per heavy atom. The average Bonchev–Trinajstić information content (AvgIpc) is 2.82. The molecule has 1 rings (SSSR count). The summed E-state index contributed by atoms with van der Waals surface area (Å²) in [6, 6.07) is 0. The first kappa shape index (κ1) is 29.8. The van der Waals surface area contributed by atoms with Crippen molar-refractivity contribution in [3.63, 3.8) is 0 Å². The Kier molecular flexibility index (Phi) is 23.6. The molecule has 0 radical (unpaired) electrons. The minimum absolute atomic E-state index is 0.0376. The van der Waals surface area contributed by atoms with Crippen LogP contribution in [0.25, 0.3) is 0 Å². The Labute approximate surface area is 198 Å². The Morgan fingerprint density at radius 2 is 1.00 bits per heavy atom. The van der Waals surface area contributed by atoms with Crippen molar-refractivity contribution in [3.05, 3.63) is 0 Å². The first-order valence-corrected chi connectivity index (χ1v) is 13.5. The van der Waals surface area contributed by atoms with Crippen LogP contribution in [-0.2, 0) is 28.4 Å². The maximum atomic E-state index is 5.64. The van der Waals surface area contributed by atoms with Crippen LogP contribution in [0.2, 0.25) is 0 Å². The van der Waals surface area contributed by atoms with Gasteiger partial charge in [-0.1, -0.05) is 71.1 Å². The van der Waals surface area contributed by atoms with Crippen LogP contribution in [0, 0.1) is 0 Å². The molecule has 0 aromatic carbocycles. The third-order valence-corrected chi connectivity index (χ3v) is 5.68. The zero-order valence-electron chi connectivity index (χ0n) is 21.0. The highest BCUT2D eigenvalue weighted by Gasteiger charge is 2.13. The average molecular weight is 461 g/mol. The molecule has 0 spiro atoms. The van der Waals surface area contributed by atoms with Gasteiger partial charge in [0.1, 0.15) is 0 Å². The summed E-state index contributed by atoms with van der Waals surface area (Å²) >= 11 is 0. The molecule has 1 saturated heterocycles. The second-order valence-corrected chi connectivity index (χ2v) is 8.65. The lowest BCUT2D eigenvalue weighted by atomic mass is 10.1. The zero-order valence-corrected chi connectivity index (χ0v) is 21.0. The minimum atomic E-state index is -0.0376. The standard InChI is InChI=1S/C26H52O6/c1-2-3-4-5-6-7-8-9-10-11-13-16-27-18-19-28-20-21-29-22-23-30-24-25-32-26-15-12-14-17-31-26/h26H,2-25H2,1H3. The molecule has 32 heavy (non-hydrogen) atoms. The first-order valence-electron chi connectivity index (χ1n) is 13.5. The van der Waals surface area contributed by atoms with Crippen LogP contribution in [0.4, 0.5) is 0 Å². The number of hydrogen-bond acceptors (Lipinski definition) is 6. The highest BCUT2D eigenvalue weighted by Crippen LogP contribution is 2.13. The van der Waals surface area contributed by atoms with Crippen molar-refractivity contribution in [3.8, 4) is 0 Å². The van der Waals surface area contributed by atoms with E-state index in [9.17, 15) is 0 Å². The number of ether oxygens (including phenoxy) is 6. The van der Waals surface area contributed by atoms with Crippen molar-refractivity contribution in [2.75, 3.05) is 66.1 Å². The summed E-state index contributed by atoms with van der Waals surface area (Å²) in [5.74, 6) is 0. The zero-order chi connectivity index (χ0) is 22.8. The van der Waals surface area contributed by atoms with E-state index in [2.05, 4.69) is 6.92 Å². The second-order valence-electron chi connectivity index (χ2n) is 8.65. The van der Waals surface area contributed by atoms with Gasteiger partial charge in [-0.15, -0.1) is 0 Å². The number of rotatable bonds is 25. The van der Waals surface area contributed by atoms with E-state index in [0.717, 1.165) is 26.1 Å². The molecule has 1 fully saturated rings. The van der Waals surface area contributed by atoms with Gasteiger partial charge in [0, 0.05) is 13.2 Å². The van der Waals surface area contributed by atoms with Crippen molar-refractivity contribution in [1.82, 2.24) is 0 Å². The molecule has 1 heterocycles. The molecular weight excluding hydrogens is 408 g/mol. The Morgan fingerprint density at radius 1 is 0.531 bits per heavy atom. The molecule has 0 saturated carbocycles. The molecule has 0 bridgehead atoms. The van der Waals surface area contributed by atoms with E-state index in [1.54, 1.807) is 0 Å². The van der Waals surface area contributed by atoms with Crippen LogP contribution in [0.15, 0.2) is 0 Å². The van der Waals surface area contributed by atoms with Gasteiger partial charge in [-0.25, -0.2) is 0 Å². The molecule has 192 valence electrons. The second kappa shape index (κ2) is 25.4. The summed E-state index contributed by atoms with van der Waals surface area (Å²) < 4.78 is 33.3. The molecule has 1 aliphatic rings. The van der Waals surface area contributed by atoms with Gasteiger partial charge in [0.15, 0.2) is 6.29 Å². The summed E-state index contributed by atoms with van der Waals surface area (Å²) in [6.45, 7) is 8.76. The largest absolute Gasteiger partial charge is 0.379 e.